The number of carbonyl (C=O) groups excluding carboxylic acids is 2. The van der Waals surface area contributed by atoms with Gasteiger partial charge in [0.25, 0.3) is 22.7 Å². The number of H-pyrrole nitrogens is 1. The second kappa shape index (κ2) is 38.6. The number of carbonyl (C=O) groups is 2. The molecule has 108 heavy (non-hydrogen) atoms. The quantitative estimate of drug-likeness (QED) is 0.0551. The zero-order valence-corrected chi connectivity index (χ0v) is 65.9. The molecule has 5 aromatic carbocycles. The molecule has 5 aliphatic rings. The Hall–Kier alpha value is -9.45. The zero-order chi connectivity index (χ0) is 78.0. The van der Waals surface area contributed by atoms with E-state index >= 15 is 0 Å². The number of alkyl halides is 1. The first kappa shape index (κ1) is 82.6. The molecule has 0 aliphatic carbocycles. The van der Waals surface area contributed by atoms with Gasteiger partial charge in [-0.25, -0.2) is 9.59 Å². The van der Waals surface area contributed by atoms with E-state index in [1.54, 1.807) is 59.6 Å². The van der Waals surface area contributed by atoms with Crippen LogP contribution in [-0.2, 0) is 9.47 Å². The maximum atomic E-state index is 12.2. The van der Waals surface area contributed by atoms with Gasteiger partial charge < -0.3 is 64.8 Å². The van der Waals surface area contributed by atoms with Crippen LogP contribution in [0.1, 0.15) is 140 Å². The number of nitrogens with zero attached hydrogens (tertiary/aromatic N) is 12. The summed E-state index contributed by atoms with van der Waals surface area (Å²) in [5.74, 6) is 0.744. The summed E-state index contributed by atoms with van der Waals surface area (Å²) in [5.41, 5.74) is 11.8. The van der Waals surface area contributed by atoms with Crippen LogP contribution in [0.4, 0.5) is 42.4 Å². The molecule has 27 nitrogen and oxygen atoms in total. The first-order valence-corrected chi connectivity index (χ1v) is 36.7. The fraction of sp³-hybridized carbons (Fsp3) is 0.468. The van der Waals surface area contributed by atoms with Crippen LogP contribution in [0.2, 0.25) is 0 Å². The molecule has 0 unspecified atom stereocenters. The third kappa shape index (κ3) is 23.1. The number of hydrogen-bond donors (Lipinski definition) is 3. The largest absolute Gasteiger partial charge is 1.00 e. The number of nitro benzene ring substituents is 4. The van der Waals surface area contributed by atoms with Gasteiger partial charge in [0.15, 0.2) is 0 Å². The van der Waals surface area contributed by atoms with Crippen molar-refractivity contribution >= 4 is 95.1 Å². The van der Waals surface area contributed by atoms with Crippen molar-refractivity contribution in [1.29, 1.82) is 0 Å². The minimum Gasteiger partial charge on any atom is -1.00 e. The minimum atomic E-state index is -1.00. The fourth-order valence-corrected chi connectivity index (χ4v) is 14.2. The second-order valence-electron chi connectivity index (χ2n) is 30.1. The van der Waals surface area contributed by atoms with Crippen LogP contribution < -0.4 is 40.6 Å². The van der Waals surface area contributed by atoms with Gasteiger partial charge >= 0.3 is 41.7 Å². The summed E-state index contributed by atoms with van der Waals surface area (Å²) in [6.07, 6.45) is 20.5. The van der Waals surface area contributed by atoms with Gasteiger partial charge in [-0.05, 0) is 238 Å². The minimum absolute atomic E-state index is 0. The molecular formula is C79H105FN15NaO12. The van der Waals surface area contributed by atoms with Crippen LogP contribution in [0.15, 0.2) is 152 Å². The van der Waals surface area contributed by atoms with Gasteiger partial charge in [-0.1, -0.05) is 6.92 Å². The van der Waals surface area contributed by atoms with E-state index in [0.29, 0.717) is 31.2 Å². The number of nitro groups is 4. The molecule has 5 aliphatic heterocycles. The zero-order valence-electron chi connectivity index (χ0n) is 65.9. The van der Waals surface area contributed by atoms with Gasteiger partial charge in [0.1, 0.15) is 11.2 Å². The Balaban J connectivity index is 0.000000184. The Morgan fingerprint density at radius 2 is 0.778 bits per heavy atom. The number of non-ortho nitro benzene ring substituents is 4. The summed E-state index contributed by atoms with van der Waals surface area (Å²) >= 11 is 0. The van der Waals surface area contributed by atoms with Crippen molar-refractivity contribution < 1.29 is 75.5 Å². The molecule has 0 bridgehead atoms. The number of nitrogen functional groups attached to an aromatic ring is 1. The van der Waals surface area contributed by atoms with E-state index in [2.05, 4.69) is 90.0 Å². The predicted molar refractivity (Wildman–Crippen MR) is 420 cm³/mol. The summed E-state index contributed by atoms with van der Waals surface area (Å²) in [6.45, 7) is 23.2. The van der Waals surface area contributed by atoms with Crippen LogP contribution in [0, 0.1) is 46.4 Å². The molecular weight excluding hydrogens is 1390 g/mol. The number of likely N-dealkylation sites (tertiary alicyclic amines) is 4. The Bertz CT molecular complexity index is 4670. The monoisotopic (exact) mass is 1500 g/mol. The number of benzene rings is 5. The summed E-state index contributed by atoms with van der Waals surface area (Å²) in [6, 6.07) is 37.8. The number of ether oxygens (including phenoxy) is 2. The Kier molecular flexibility index (Phi) is 29.5. The number of amides is 2. The number of halogens is 1. The van der Waals surface area contributed by atoms with Crippen molar-refractivity contribution in [1.82, 2.24) is 48.2 Å². The normalized spacial score (nSPS) is 16.6. The molecule has 10 aromatic rings. The molecule has 0 saturated carbocycles. The van der Waals surface area contributed by atoms with E-state index in [1.165, 1.54) is 49.0 Å². The number of nitrogens with one attached hydrogen (secondary N) is 2. The molecule has 5 fully saturated rings. The van der Waals surface area contributed by atoms with E-state index in [0.717, 1.165) is 146 Å². The van der Waals surface area contributed by atoms with Crippen LogP contribution >= 0.6 is 0 Å². The van der Waals surface area contributed by atoms with Crippen LogP contribution in [-0.4, -0.2) is 173 Å². The molecule has 0 spiro atoms. The van der Waals surface area contributed by atoms with Gasteiger partial charge in [0.2, 0.25) is 0 Å². The molecule has 5 saturated heterocycles. The van der Waals surface area contributed by atoms with E-state index < -0.39 is 17.7 Å². The predicted octanol–water partition coefficient (Wildman–Crippen LogP) is 14.3. The Morgan fingerprint density at radius 3 is 1.13 bits per heavy atom. The molecule has 10 heterocycles. The van der Waals surface area contributed by atoms with Crippen molar-refractivity contribution in [3.05, 3.63) is 193 Å². The number of hydrogen-bond acceptors (Lipinski definition) is 16. The number of piperidine rings is 5. The number of rotatable bonds is 8. The molecule has 2 amide bonds. The molecule has 0 atom stereocenters. The first-order chi connectivity index (χ1) is 51.4. The average molecular weight is 1500 g/mol. The van der Waals surface area contributed by atoms with E-state index in [-0.39, 0.29) is 92.3 Å². The smallest absolute Gasteiger partial charge is 1.00 e. The summed E-state index contributed by atoms with van der Waals surface area (Å²) in [7, 11) is 3.35. The van der Waals surface area contributed by atoms with Crippen molar-refractivity contribution in [2.24, 2.45) is 5.92 Å². The number of anilines is 1. The van der Waals surface area contributed by atoms with Gasteiger partial charge in [-0.15, -0.1) is 0 Å². The molecule has 0 radical (unpaired) electrons. The van der Waals surface area contributed by atoms with E-state index in [9.17, 15) is 54.4 Å². The average Bonchev–Trinajstić information content (AvgIpc) is 1.66. The molecule has 5 aromatic heterocycles. The van der Waals surface area contributed by atoms with Crippen LogP contribution in [0.25, 0.3) is 54.5 Å². The van der Waals surface area contributed by atoms with Crippen molar-refractivity contribution in [2.75, 3.05) is 92.4 Å². The molecule has 15 rings (SSSR count). The molecule has 576 valence electrons. The summed E-state index contributed by atoms with van der Waals surface area (Å²) < 4.78 is 35.3. The topological polar surface area (TPSA) is 312 Å². The van der Waals surface area contributed by atoms with E-state index in [1.807, 2.05) is 101 Å². The Morgan fingerprint density at radius 1 is 0.472 bits per heavy atom. The Labute approximate surface area is 654 Å². The van der Waals surface area contributed by atoms with Crippen LogP contribution in [0.3, 0.4) is 0 Å². The number of aromatic nitrogens is 5. The number of aromatic amines is 1. The molecule has 4 N–H and O–H groups in total. The van der Waals surface area contributed by atoms with Crippen molar-refractivity contribution in [3.63, 3.8) is 0 Å². The summed E-state index contributed by atoms with van der Waals surface area (Å²) in [5, 5.41) is 51.0. The maximum absolute atomic E-state index is 12.2. The summed E-state index contributed by atoms with van der Waals surface area (Å²) in [4.78, 5) is 76.4. The standard InChI is InChI=1S/C18H23N3O4.C14H17N3O2.C14H19N3.C13H15N3O2.C11H21NO2.C8H6N2O2.CH3F.Na.H/c1-18(2,3)25-17(22)19-9-7-14(8-10-19)20-11-6-13-12-15(21(23)24)4-5-16(13)20;1-15-7-5-12(6-8-15)16-9-4-11-10-13(17(18)19)2-3-14(11)16;1-16-7-5-13(6-8-16)17-9-4-11-10-12(15)2-3-14(11)17;17-16(18)12-1-2-13-10(9-12)5-8-15(13)11-3-6-14-7-4-11;1-9-5-7-12(8-6-9)10(13)14-11(2,3)4;11-10(12)7-1-2-8-6(5-7)3-4-9-8;1-2;;/h4-6,11-12,14H,7-10H2,1-3H3;2-4,9-10,12H,5-8H2,1H3;2-4,9-10,13H,5-8,15H2,1H3;1-2,5,8-9,11,14H,3-4,6-7H2;9H,5-8H2,1-4H3;1-5,9H;1H3;;/q;;;;;;;+1;-1/i;;;;;;1D;;. The van der Waals surface area contributed by atoms with Gasteiger partial charge in [0.05, 0.1) is 28.2 Å². The van der Waals surface area contributed by atoms with Crippen molar-refractivity contribution in [2.45, 2.75) is 148 Å². The maximum Gasteiger partial charge on any atom is 1.00 e. The first-order valence-electron chi connectivity index (χ1n) is 37.4. The van der Waals surface area contributed by atoms with Crippen molar-refractivity contribution in [3.8, 4) is 0 Å². The van der Waals surface area contributed by atoms with Gasteiger partial charge in [-0.2, -0.15) is 0 Å². The fourth-order valence-electron chi connectivity index (χ4n) is 14.2. The number of fused-ring (bicyclic) bond motifs is 5. The SMILES string of the molecule is CC(C)(C)OC(=O)N1CCC(n2ccc3cc([N+](=O)[O-])ccc32)CC1.CC1CCN(C(=O)OC(C)(C)C)CC1.CN1CCC(n2ccc3cc(N)ccc32)CC1.CN1CCC(n2ccc3cc([N+](=O)[O-])ccc32)CC1.O=[N+]([O-])c1ccc2[nH]ccc2c1.O=[N+]([O-])c1ccc2c(ccn2C2CCNCC2)c1.[2H]CF.[H-].[Na+]. The third-order valence-corrected chi connectivity index (χ3v) is 20.0. The van der Waals surface area contributed by atoms with Gasteiger partial charge in [-0.3, -0.25) is 44.8 Å². The van der Waals surface area contributed by atoms with Gasteiger partial charge in [0, 0.05) is 190 Å². The van der Waals surface area contributed by atoms with E-state index in [4.69, 9.17) is 16.6 Å². The number of nitrogens with two attached hydrogens (primary N) is 1. The van der Waals surface area contributed by atoms with Crippen LogP contribution in [0.5, 0.6) is 0 Å². The second-order valence-corrected chi connectivity index (χ2v) is 30.1. The third-order valence-electron chi connectivity index (χ3n) is 20.0. The molecule has 29 heteroatoms.